The maximum absolute atomic E-state index is 12.8. The van der Waals surface area contributed by atoms with Gasteiger partial charge in [-0.05, 0) is 38.4 Å². The van der Waals surface area contributed by atoms with E-state index < -0.39 is 0 Å². The van der Waals surface area contributed by atoms with Crippen molar-refractivity contribution in [3.05, 3.63) is 35.9 Å². The van der Waals surface area contributed by atoms with Gasteiger partial charge in [0.2, 0.25) is 5.91 Å². The molecule has 3 rings (SSSR count). The van der Waals surface area contributed by atoms with Crippen LogP contribution >= 0.6 is 0 Å². The standard InChI is InChI=1S/C21H30N2O3/c1-22-16-18(25-2)15-21(20(22)24)10-13-23(14-11-21)12-6-8-17-7-4-5-9-19(17)26-3/h4-9,18H,10-16H2,1-3H3/b8-6+. The molecule has 142 valence electrons. The maximum Gasteiger partial charge on any atom is 0.228 e. The van der Waals surface area contributed by atoms with Crippen LogP contribution < -0.4 is 4.74 Å². The number of nitrogens with zero attached hydrogens (tertiary/aromatic N) is 2. The highest BCUT2D eigenvalue weighted by Crippen LogP contribution is 2.41. The molecule has 0 saturated carbocycles. The summed E-state index contributed by atoms with van der Waals surface area (Å²) in [5.41, 5.74) is 0.867. The zero-order valence-corrected chi connectivity index (χ0v) is 16.1. The third-order valence-electron chi connectivity index (χ3n) is 5.84. The number of hydrogen-bond acceptors (Lipinski definition) is 4. The molecule has 1 atom stereocenters. The molecular formula is C21H30N2O3. The summed E-state index contributed by atoms with van der Waals surface area (Å²) in [7, 11) is 5.35. The quantitative estimate of drug-likeness (QED) is 0.812. The van der Waals surface area contributed by atoms with E-state index in [-0.39, 0.29) is 11.5 Å². The summed E-state index contributed by atoms with van der Waals surface area (Å²) < 4.78 is 11.0. The van der Waals surface area contributed by atoms with Crippen molar-refractivity contribution in [2.45, 2.75) is 25.4 Å². The van der Waals surface area contributed by atoms with Gasteiger partial charge in [-0.25, -0.2) is 0 Å². The monoisotopic (exact) mass is 358 g/mol. The maximum atomic E-state index is 12.8. The summed E-state index contributed by atoms with van der Waals surface area (Å²) in [5, 5.41) is 0. The smallest absolute Gasteiger partial charge is 0.228 e. The Bertz CT molecular complexity index is 650. The van der Waals surface area contributed by atoms with Crippen molar-refractivity contribution in [1.82, 2.24) is 9.80 Å². The highest BCUT2D eigenvalue weighted by atomic mass is 16.5. The van der Waals surface area contributed by atoms with E-state index in [1.54, 1.807) is 14.2 Å². The minimum atomic E-state index is -0.226. The molecule has 5 heteroatoms. The predicted octanol–water partition coefficient (Wildman–Crippen LogP) is 2.67. The van der Waals surface area contributed by atoms with Gasteiger partial charge in [0.25, 0.3) is 0 Å². The summed E-state index contributed by atoms with van der Waals surface area (Å²) in [6, 6.07) is 8.03. The zero-order valence-electron chi connectivity index (χ0n) is 16.1. The molecule has 2 heterocycles. The van der Waals surface area contributed by atoms with Gasteiger partial charge in [0.05, 0.1) is 18.6 Å². The van der Waals surface area contributed by atoms with E-state index in [0.29, 0.717) is 12.5 Å². The van der Waals surface area contributed by atoms with Crippen molar-refractivity contribution in [2.24, 2.45) is 5.41 Å². The van der Waals surface area contributed by atoms with Crippen LogP contribution in [0.25, 0.3) is 6.08 Å². The molecule has 1 spiro atoms. The Balaban J connectivity index is 1.57. The Hall–Kier alpha value is -1.85. The molecule has 0 N–H and O–H groups in total. The van der Waals surface area contributed by atoms with Crippen molar-refractivity contribution in [3.8, 4) is 5.75 Å². The molecular weight excluding hydrogens is 328 g/mol. The van der Waals surface area contributed by atoms with E-state index in [0.717, 1.165) is 50.2 Å². The number of amides is 1. The second-order valence-electron chi connectivity index (χ2n) is 7.47. The number of rotatable bonds is 5. The lowest BCUT2D eigenvalue weighted by atomic mass is 9.71. The van der Waals surface area contributed by atoms with Crippen molar-refractivity contribution in [2.75, 3.05) is 47.4 Å². The zero-order chi connectivity index (χ0) is 18.6. The molecule has 0 aliphatic carbocycles. The first-order valence-electron chi connectivity index (χ1n) is 9.38. The minimum absolute atomic E-state index is 0.162. The fraction of sp³-hybridized carbons (Fsp3) is 0.571. The molecule has 2 aliphatic heterocycles. The number of para-hydroxylation sites is 1. The normalized spacial score (nSPS) is 23.7. The van der Waals surface area contributed by atoms with E-state index in [1.165, 1.54) is 0 Å². The van der Waals surface area contributed by atoms with Gasteiger partial charge in [-0.2, -0.15) is 0 Å². The predicted molar refractivity (Wildman–Crippen MR) is 103 cm³/mol. The molecule has 1 aromatic rings. The van der Waals surface area contributed by atoms with E-state index in [4.69, 9.17) is 9.47 Å². The van der Waals surface area contributed by atoms with Gasteiger partial charge in [0.15, 0.2) is 0 Å². The number of piperidine rings is 2. The second-order valence-corrected chi connectivity index (χ2v) is 7.47. The first-order valence-corrected chi connectivity index (χ1v) is 9.38. The number of methoxy groups -OCH3 is 2. The first kappa shape index (κ1) is 18.9. The SMILES string of the molecule is COc1ccccc1/C=C/CN1CCC2(CC1)CC(OC)CN(C)C2=O. The molecule has 5 nitrogen and oxygen atoms in total. The minimum Gasteiger partial charge on any atom is -0.496 e. The highest BCUT2D eigenvalue weighted by molar-refractivity contribution is 5.83. The van der Waals surface area contributed by atoms with Gasteiger partial charge in [-0.1, -0.05) is 30.4 Å². The van der Waals surface area contributed by atoms with Crippen molar-refractivity contribution < 1.29 is 14.3 Å². The number of hydrogen-bond donors (Lipinski definition) is 0. The van der Waals surface area contributed by atoms with Crippen molar-refractivity contribution in [1.29, 1.82) is 0 Å². The summed E-state index contributed by atoms with van der Waals surface area (Å²) in [5.74, 6) is 1.19. The van der Waals surface area contributed by atoms with Crippen LogP contribution in [0.4, 0.5) is 0 Å². The van der Waals surface area contributed by atoms with E-state index in [1.807, 2.05) is 30.1 Å². The number of likely N-dealkylation sites (N-methyl/N-ethyl adjacent to an activating group) is 1. The van der Waals surface area contributed by atoms with Crippen LogP contribution in [0.3, 0.4) is 0 Å². The third-order valence-corrected chi connectivity index (χ3v) is 5.84. The lowest BCUT2D eigenvalue weighted by Gasteiger charge is -2.47. The largest absolute Gasteiger partial charge is 0.496 e. The van der Waals surface area contributed by atoms with Gasteiger partial charge in [0, 0.05) is 32.8 Å². The Labute approximate surface area is 156 Å². The Morgan fingerprint density at radius 3 is 2.65 bits per heavy atom. The summed E-state index contributed by atoms with van der Waals surface area (Å²) in [4.78, 5) is 17.0. The molecule has 0 radical (unpaired) electrons. The van der Waals surface area contributed by atoms with Crippen LogP contribution in [0.5, 0.6) is 5.75 Å². The van der Waals surface area contributed by atoms with Gasteiger partial charge < -0.3 is 14.4 Å². The number of carbonyl (C=O) groups is 1. The van der Waals surface area contributed by atoms with Gasteiger partial charge in [0.1, 0.15) is 5.75 Å². The molecule has 2 aliphatic rings. The van der Waals surface area contributed by atoms with E-state index >= 15 is 0 Å². The van der Waals surface area contributed by atoms with Crippen LogP contribution in [0.15, 0.2) is 30.3 Å². The molecule has 2 saturated heterocycles. The summed E-state index contributed by atoms with van der Waals surface area (Å²) in [6.07, 6.45) is 7.15. The number of benzene rings is 1. The molecule has 26 heavy (non-hydrogen) atoms. The molecule has 2 fully saturated rings. The average Bonchev–Trinajstić information content (AvgIpc) is 2.67. The summed E-state index contributed by atoms with van der Waals surface area (Å²) in [6.45, 7) is 3.51. The lowest BCUT2D eigenvalue weighted by Crippen LogP contribution is -2.56. The van der Waals surface area contributed by atoms with Crippen LogP contribution in [-0.2, 0) is 9.53 Å². The van der Waals surface area contributed by atoms with Gasteiger partial charge >= 0.3 is 0 Å². The number of ether oxygens (including phenoxy) is 2. The van der Waals surface area contributed by atoms with Crippen LogP contribution in [-0.4, -0.2) is 69.3 Å². The highest BCUT2D eigenvalue weighted by Gasteiger charge is 2.47. The molecule has 0 aromatic heterocycles. The number of carbonyl (C=O) groups excluding carboxylic acids is 1. The molecule has 1 unspecified atom stereocenters. The van der Waals surface area contributed by atoms with Gasteiger partial charge in [-0.15, -0.1) is 0 Å². The van der Waals surface area contributed by atoms with E-state index in [2.05, 4.69) is 23.1 Å². The van der Waals surface area contributed by atoms with E-state index in [9.17, 15) is 4.79 Å². The van der Waals surface area contributed by atoms with Crippen LogP contribution in [0, 0.1) is 5.41 Å². The Morgan fingerprint density at radius 2 is 1.96 bits per heavy atom. The lowest BCUT2D eigenvalue weighted by molar-refractivity contribution is -0.155. The third kappa shape index (κ3) is 3.94. The molecule has 1 aromatic carbocycles. The average molecular weight is 358 g/mol. The second kappa shape index (κ2) is 8.23. The van der Waals surface area contributed by atoms with Crippen molar-refractivity contribution >= 4 is 12.0 Å². The number of likely N-dealkylation sites (tertiary alicyclic amines) is 2. The van der Waals surface area contributed by atoms with Crippen LogP contribution in [0.1, 0.15) is 24.8 Å². The molecule has 1 amide bonds. The fourth-order valence-corrected chi connectivity index (χ4v) is 4.25. The summed E-state index contributed by atoms with van der Waals surface area (Å²) >= 11 is 0. The topological polar surface area (TPSA) is 42.0 Å². The Morgan fingerprint density at radius 1 is 1.23 bits per heavy atom. The first-order chi connectivity index (χ1) is 12.6. The Kier molecular flexibility index (Phi) is 5.99. The fourth-order valence-electron chi connectivity index (χ4n) is 4.25. The molecule has 0 bridgehead atoms. The van der Waals surface area contributed by atoms with Crippen molar-refractivity contribution in [3.63, 3.8) is 0 Å². The van der Waals surface area contributed by atoms with Gasteiger partial charge in [-0.3, -0.25) is 9.69 Å². The van der Waals surface area contributed by atoms with Crippen LogP contribution in [0.2, 0.25) is 0 Å².